The molecule has 6 nitrogen and oxygen atoms in total. The first-order chi connectivity index (χ1) is 27.8. The number of para-hydroxylation sites is 3. The number of rotatable bonds is 6. The summed E-state index contributed by atoms with van der Waals surface area (Å²) in [5.41, 5.74) is 10.9. The van der Waals surface area contributed by atoms with E-state index in [0.29, 0.717) is 5.84 Å². The lowest BCUT2D eigenvalue weighted by atomic mass is 10.0. The van der Waals surface area contributed by atoms with Crippen molar-refractivity contribution in [1.29, 1.82) is 0 Å². The van der Waals surface area contributed by atoms with Crippen LogP contribution in [0.4, 0.5) is 0 Å². The number of pyridine rings is 1. The van der Waals surface area contributed by atoms with Crippen LogP contribution in [0.3, 0.4) is 0 Å². The van der Waals surface area contributed by atoms with Gasteiger partial charge in [0.15, 0.2) is 5.84 Å². The first-order valence-corrected chi connectivity index (χ1v) is 18.9. The molecule has 3 aromatic heterocycles. The SMILES string of the molecule is c1ccc(-c2ccc(C3=NC(c4ccnc(-n5c6ccccc6c6cc7c8ccccc8n(-c8ccccc8)c7cc65)c4)=NC(c4ccccc4)N3)cc2)cc1. The Balaban J connectivity index is 1.08. The minimum Gasteiger partial charge on any atom is -0.344 e. The topological polar surface area (TPSA) is 59.5 Å². The van der Waals surface area contributed by atoms with Crippen LogP contribution < -0.4 is 5.32 Å². The summed E-state index contributed by atoms with van der Waals surface area (Å²) in [6.07, 6.45) is 1.56. The minimum absolute atomic E-state index is 0.314. The number of aliphatic imine (C=N–C) groups is 2. The summed E-state index contributed by atoms with van der Waals surface area (Å²) in [6, 6.07) is 66.0. The maximum absolute atomic E-state index is 5.20. The zero-order valence-corrected chi connectivity index (χ0v) is 30.3. The highest BCUT2D eigenvalue weighted by molar-refractivity contribution is 6.19. The van der Waals surface area contributed by atoms with Gasteiger partial charge in [0.25, 0.3) is 0 Å². The zero-order valence-electron chi connectivity index (χ0n) is 30.3. The highest BCUT2D eigenvalue weighted by Gasteiger charge is 2.23. The molecule has 1 aliphatic heterocycles. The van der Waals surface area contributed by atoms with Crippen LogP contribution in [0.1, 0.15) is 22.9 Å². The van der Waals surface area contributed by atoms with Crippen molar-refractivity contribution in [2.75, 3.05) is 0 Å². The van der Waals surface area contributed by atoms with Gasteiger partial charge >= 0.3 is 0 Å². The predicted molar refractivity (Wildman–Crippen MR) is 230 cm³/mol. The summed E-state index contributed by atoms with van der Waals surface area (Å²) in [5.74, 6) is 2.22. The summed E-state index contributed by atoms with van der Waals surface area (Å²) in [4.78, 5) is 15.4. The van der Waals surface area contributed by atoms with Gasteiger partial charge in [0, 0.05) is 44.6 Å². The molecule has 0 radical (unpaired) electrons. The zero-order chi connectivity index (χ0) is 37.0. The number of hydrogen-bond acceptors (Lipinski definition) is 4. The van der Waals surface area contributed by atoms with Crippen molar-refractivity contribution in [2.24, 2.45) is 9.98 Å². The van der Waals surface area contributed by atoms with Crippen molar-refractivity contribution < 1.29 is 0 Å². The number of fused-ring (bicyclic) bond motifs is 6. The monoisotopic (exact) mass is 718 g/mol. The third-order valence-electron chi connectivity index (χ3n) is 10.8. The molecule has 0 amide bonds. The number of nitrogens with zero attached hydrogens (tertiary/aromatic N) is 5. The quantitative estimate of drug-likeness (QED) is 0.186. The van der Waals surface area contributed by atoms with E-state index in [1.165, 1.54) is 32.6 Å². The maximum Gasteiger partial charge on any atom is 0.159 e. The standard InChI is InChI=1S/C50H34N6/c1-4-14-33(15-5-1)34-24-26-36(27-25-34)49-52-48(35-16-6-2-7-17-35)53-50(54-49)37-28-29-51-47(30-37)56-44-23-13-11-21-40(44)42-31-41-39-20-10-12-22-43(39)55(45(41)32-46(42)56)38-18-8-3-9-19-38/h1-32,48H,(H,52,53,54). The summed E-state index contributed by atoms with van der Waals surface area (Å²) in [7, 11) is 0. The Bertz CT molecular complexity index is 3140. The largest absolute Gasteiger partial charge is 0.344 e. The molecule has 264 valence electrons. The number of nitrogens with one attached hydrogen (secondary N) is 1. The van der Waals surface area contributed by atoms with Crippen molar-refractivity contribution in [1.82, 2.24) is 19.4 Å². The van der Waals surface area contributed by atoms with Crippen molar-refractivity contribution in [2.45, 2.75) is 6.17 Å². The molecule has 56 heavy (non-hydrogen) atoms. The number of amidine groups is 2. The second kappa shape index (κ2) is 13.1. The molecular weight excluding hydrogens is 685 g/mol. The van der Waals surface area contributed by atoms with Crippen LogP contribution in [-0.4, -0.2) is 25.8 Å². The smallest absolute Gasteiger partial charge is 0.159 e. The van der Waals surface area contributed by atoms with Gasteiger partial charge in [-0.25, -0.2) is 15.0 Å². The summed E-state index contributed by atoms with van der Waals surface area (Å²) >= 11 is 0. The summed E-state index contributed by atoms with van der Waals surface area (Å²) in [6.45, 7) is 0. The van der Waals surface area contributed by atoms with Gasteiger partial charge in [0.2, 0.25) is 0 Å². The lowest BCUT2D eigenvalue weighted by molar-refractivity contribution is 0.674. The Morgan fingerprint density at radius 3 is 1.71 bits per heavy atom. The third kappa shape index (κ3) is 5.30. The van der Waals surface area contributed by atoms with E-state index in [0.717, 1.165) is 56.1 Å². The molecule has 10 aromatic rings. The molecule has 6 heteroatoms. The molecule has 1 unspecified atom stereocenters. The van der Waals surface area contributed by atoms with E-state index in [4.69, 9.17) is 15.0 Å². The van der Waals surface area contributed by atoms with Gasteiger partial charge < -0.3 is 9.88 Å². The molecule has 11 rings (SSSR count). The lowest BCUT2D eigenvalue weighted by Gasteiger charge is -2.24. The van der Waals surface area contributed by atoms with E-state index < -0.39 is 0 Å². The van der Waals surface area contributed by atoms with Crippen LogP contribution in [0.5, 0.6) is 0 Å². The molecule has 7 aromatic carbocycles. The van der Waals surface area contributed by atoms with Crippen molar-refractivity contribution in [3.63, 3.8) is 0 Å². The first-order valence-electron chi connectivity index (χ1n) is 18.9. The van der Waals surface area contributed by atoms with Gasteiger partial charge in [0.05, 0.1) is 22.1 Å². The van der Waals surface area contributed by atoms with E-state index in [1.807, 2.05) is 36.5 Å². The molecule has 0 aliphatic carbocycles. The van der Waals surface area contributed by atoms with E-state index >= 15 is 0 Å². The van der Waals surface area contributed by atoms with Gasteiger partial charge in [-0.05, 0) is 65.2 Å². The van der Waals surface area contributed by atoms with Crippen LogP contribution >= 0.6 is 0 Å². The predicted octanol–water partition coefficient (Wildman–Crippen LogP) is 11.4. The van der Waals surface area contributed by atoms with E-state index in [2.05, 4.69) is 172 Å². The van der Waals surface area contributed by atoms with Crippen LogP contribution in [-0.2, 0) is 0 Å². The molecule has 0 saturated heterocycles. The molecule has 1 atom stereocenters. The highest BCUT2D eigenvalue weighted by atomic mass is 15.2. The maximum atomic E-state index is 5.20. The van der Waals surface area contributed by atoms with Crippen molar-refractivity contribution in [3.05, 3.63) is 211 Å². The normalized spacial score (nSPS) is 14.2. The van der Waals surface area contributed by atoms with Crippen molar-refractivity contribution in [3.8, 4) is 22.6 Å². The average Bonchev–Trinajstić information content (AvgIpc) is 3.78. The third-order valence-corrected chi connectivity index (χ3v) is 10.8. The lowest BCUT2D eigenvalue weighted by Crippen LogP contribution is -2.33. The Morgan fingerprint density at radius 2 is 1.00 bits per heavy atom. The van der Waals surface area contributed by atoms with Gasteiger partial charge in [-0.3, -0.25) is 4.57 Å². The molecule has 1 N–H and O–H groups in total. The molecular formula is C50H34N6. The number of benzene rings is 7. The van der Waals surface area contributed by atoms with Gasteiger partial charge in [-0.2, -0.15) is 0 Å². The van der Waals surface area contributed by atoms with Crippen LogP contribution in [0.2, 0.25) is 0 Å². The molecule has 0 bridgehead atoms. The molecule has 0 saturated carbocycles. The second-order valence-corrected chi connectivity index (χ2v) is 14.1. The number of aromatic nitrogens is 3. The molecule has 1 aliphatic rings. The Kier molecular flexibility index (Phi) is 7.45. The van der Waals surface area contributed by atoms with E-state index in [1.54, 1.807) is 0 Å². The fraction of sp³-hybridized carbons (Fsp3) is 0.0200. The minimum atomic E-state index is -0.314. The second-order valence-electron chi connectivity index (χ2n) is 14.1. The van der Waals surface area contributed by atoms with E-state index in [-0.39, 0.29) is 6.17 Å². The fourth-order valence-corrected chi connectivity index (χ4v) is 8.20. The fourth-order valence-electron chi connectivity index (χ4n) is 8.20. The van der Waals surface area contributed by atoms with Gasteiger partial charge in [-0.15, -0.1) is 0 Å². The molecule has 4 heterocycles. The Morgan fingerprint density at radius 1 is 0.429 bits per heavy atom. The Labute approximate surface area is 323 Å². The average molecular weight is 719 g/mol. The van der Waals surface area contributed by atoms with Crippen LogP contribution in [0.15, 0.2) is 204 Å². The molecule has 0 fully saturated rings. The van der Waals surface area contributed by atoms with Gasteiger partial charge in [0.1, 0.15) is 17.8 Å². The summed E-state index contributed by atoms with van der Waals surface area (Å²) < 4.78 is 4.65. The molecule has 0 spiro atoms. The van der Waals surface area contributed by atoms with E-state index in [9.17, 15) is 0 Å². The van der Waals surface area contributed by atoms with Crippen LogP contribution in [0.25, 0.3) is 66.2 Å². The van der Waals surface area contributed by atoms with Crippen molar-refractivity contribution >= 4 is 55.3 Å². The summed E-state index contributed by atoms with van der Waals surface area (Å²) in [5, 5.41) is 8.42. The first kappa shape index (κ1) is 31.9. The van der Waals surface area contributed by atoms with Crippen LogP contribution in [0, 0.1) is 0 Å². The number of hydrogen-bond donors (Lipinski definition) is 1. The highest BCUT2D eigenvalue weighted by Crippen LogP contribution is 2.39. The Hall–Kier alpha value is -7.57. The van der Waals surface area contributed by atoms with Gasteiger partial charge in [-0.1, -0.05) is 140 Å².